The molecular formula is C15H22O4. The summed E-state index contributed by atoms with van der Waals surface area (Å²) >= 11 is 0. The summed E-state index contributed by atoms with van der Waals surface area (Å²) in [4.78, 5) is 24.2. The number of hydrogen-bond donors (Lipinski definition) is 0. The second-order valence-corrected chi connectivity index (χ2v) is 5.59. The van der Waals surface area contributed by atoms with Crippen molar-refractivity contribution in [2.24, 2.45) is 17.3 Å². The molecule has 2 aliphatic carbocycles. The van der Waals surface area contributed by atoms with Crippen LogP contribution in [0.15, 0.2) is 12.2 Å². The van der Waals surface area contributed by atoms with Crippen molar-refractivity contribution in [3.63, 3.8) is 0 Å². The van der Waals surface area contributed by atoms with Gasteiger partial charge in [-0.25, -0.2) is 0 Å². The number of methoxy groups -OCH3 is 2. The molecule has 2 rings (SSSR count). The molecule has 1 fully saturated rings. The normalized spacial score (nSPS) is 28.9. The van der Waals surface area contributed by atoms with Crippen molar-refractivity contribution in [1.82, 2.24) is 0 Å². The predicted molar refractivity (Wildman–Crippen MR) is 70.3 cm³/mol. The Morgan fingerprint density at radius 2 is 1.84 bits per heavy atom. The van der Waals surface area contributed by atoms with Crippen LogP contribution in [-0.2, 0) is 19.1 Å². The molecule has 2 atom stereocenters. The molecule has 1 saturated carbocycles. The van der Waals surface area contributed by atoms with Gasteiger partial charge in [0.05, 0.1) is 14.2 Å². The van der Waals surface area contributed by atoms with Crippen LogP contribution in [0, 0.1) is 17.3 Å². The van der Waals surface area contributed by atoms with Crippen LogP contribution in [0.1, 0.15) is 38.5 Å². The topological polar surface area (TPSA) is 52.6 Å². The Morgan fingerprint density at radius 3 is 2.47 bits per heavy atom. The highest BCUT2D eigenvalue weighted by atomic mass is 16.5. The van der Waals surface area contributed by atoms with E-state index in [-0.39, 0.29) is 0 Å². The minimum Gasteiger partial charge on any atom is -0.468 e. The molecule has 0 heterocycles. The van der Waals surface area contributed by atoms with Crippen molar-refractivity contribution in [3.8, 4) is 0 Å². The molecule has 0 bridgehead atoms. The molecule has 19 heavy (non-hydrogen) atoms. The molecule has 0 amide bonds. The lowest BCUT2D eigenvalue weighted by molar-refractivity contribution is -0.174. The van der Waals surface area contributed by atoms with Gasteiger partial charge in [0.2, 0.25) is 0 Å². The van der Waals surface area contributed by atoms with Crippen molar-refractivity contribution in [3.05, 3.63) is 12.2 Å². The number of carbonyl (C=O) groups excluding carboxylic acids is 2. The summed E-state index contributed by atoms with van der Waals surface area (Å²) in [6.45, 7) is 0. The van der Waals surface area contributed by atoms with Crippen molar-refractivity contribution >= 4 is 11.9 Å². The lowest BCUT2D eigenvalue weighted by Crippen LogP contribution is -2.46. The zero-order chi connectivity index (χ0) is 13.9. The standard InChI is InChI=1S/C15H22O4/c1-18-13(16)15(14(17)19-2)9-8-11-6-4-3-5-7-12(11)10-15/h4,6,11-12H,3,5,7-10H2,1-2H3/t11-,12-/m0/s1. The molecule has 0 unspecified atom stereocenters. The predicted octanol–water partition coefficient (Wildman–Crippen LogP) is 2.48. The van der Waals surface area contributed by atoms with E-state index in [0.29, 0.717) is 24.7 Å². The monoisotopic (exact) mass is 266 g/mol. The van der Waals surface area contributed by atoms with E-state index < -0.39 is 17.4 Å². The summed E-state index contributed by atoms with van der Waals surface area (Å²) in [6, 6.07) is 0. The molecule has 0 aromatic rings. The molecule has 0 saturated heterocycles. The van der Waals surface area contributed by atoms with Gasteiger partial charge in [0.15, 0.2) is 5.41 Å². The van der Waals surface area contributed by atoms with E-state index in [4.69, 9.17) is 9.47 Å². The molecule has 0 radical (unpaired) electrons. The Bertz CT molecular complexity index is 370. The zero-order valence-corrected chi connectivity index (χ0v) is 11.7. The minimum absolute atomic E-state index is 0.380. The molecule has 0 aromatic heterocycles. The number of esters is 2. The van der Waals surface area contributed by atoms with E-state index in [2.05, 4.69) is 12.2 Å². The number of allylic oxidation sites excluding steroid dienone is 2. The summed E-state index contributed by atoms with van der Waals surface area (Å²) in [5.41, 5.74) is -1.08. The quantitative estimate of drug-likeness (QED) is 0.438. The van der Waals surface area contributed by atoms with Crippen LogP contribution in [0.3, 0.4) is 0 Å². The molecule has 0 aliphatic heterocycles. The third-order valence-electron chi connectivity index (χ3n) is 4.60. The summed E-state index contributed by atoms with van der Waals surface area (Å²) in [5.74, 6) is -0.00677. The average molecular weight is 266 g/mol. The number of carbonyl (C=O) groups is 2. The Hall–Kier alpha value is -1.32. The largest absolute Gasteiger partial charge is 0.468 e. The highest BCUT2D eigenvalue weighted by Gasteiger charge is 2.53. The van der Waals surface area contributed by atoms with Gasteiger partial charge in [0.25, 0.3) is 0 Å². The average Bonchev–Trinajstić information content (AvgIpc) is 2.69. The molecule has 2 aliphatic rings. The molecule has 0 N–H and O–H groups in total. The Balaban J connectivity index is 2.24. The molecule has 106 valence electrons. The van der Waals surface area contributed by atoms with Crippen LogP contribution < -0.4 is 0 Å². The van der Waals surface area contributed by atoms with Crippen LogP contribution >= 0.6 is 0 Å². The fourth-order valence-corrected chi connectivity index (χ4v) is 3.53. The van der Waals surface area contributed by atoms with Crippen molar-refractivity contribution in [2.75, 3.05) is 14.2 Å². The van der Waals surface area contributed by atoms with Gasteiger partial charge in [-0.05, 0) is 50.4 Å². The van der Waals surface area contributed by atoms with Crippen LogP contribution in [0.25, 0.3) is 0 Å². The summed E-state index contributed by atoms with van der Waals surface area (Å²) in [6.07, 6.45) is 9.70. The van der Waals surface area contributed by atoms with E-state index in [1.165, 1.54) is 14.2 Å². The molecule has 0 aromatic carbocycles. The van der Waals surface area contributed by atoms with E-state index >= 15 is 0 Å². The molecule has 4 nitrogen and oxygen atoms in total. The number of hydrogen-bond acceptors (Lipinski definition) is 4. The van der Waals surface area contributed by atoms with E-state index in [1.807, 2.05) is 0 Å². The molecule has 4 heteroatoms. The second-order valence-electron chi connectivity index (χ2n) is 5.59. The lowest BCUT2D eigenvalue weighted by atomic mass is 9.64. The maximum absolute atomic E-state index is 12.1. The zero-order valence-electron chi connectivity index (χ0n) is 11.7. The van der Waals surface area contributed by atoms with Crippen molar-refractivity contribution in [1.29, 1.82) is 0 Å². The fourth-order valence-electron chi connectivity index (χ4n) is 3.53. The van der Waals surface area contributed by atoms with Gasteiger partial charge in [-0.1, -0.05) is 12.2 Å². The minimum atomic E-state index is -1.08. The first-order valence-electron chi connectivity index (χ1n) is 6.97. The first kappa shape index (κ1) is 14.1. The SMILES string of the molecule is COC(=O)C1(C(=O)OC)CC[C@@H]2C=CCCC[C@H]2C1. The second kappa shape index (κ2) is 5.76. The highest BCUT2D eigenvalue weighted by molar-refractivity contribution is 6.00. The van der Waals surface area contributed by atoms with Gasteiger partial charge in [-0.3, -0.25) is 9.59 Å². The van der Waals surface area contributed by atoms with Crippen LogP contribution in [-0.4, -0.2) is 26.2 Å². The van der Waals surface area contributed by atoms with Gasteiger partial charge in [0, 0.05) is 0 Å². The first-order valence-corrected chi connectivity index (χ1v) is 6.97. The summed E-state index contributed by atoms with van der Waals surface area (Å²) < 4.78 is 9.74. The summed E-state index contributed by atoms with van der Waals surface area (Å²) in [5, 5.41) is 0. The van der Waals surface area contributed by atoms with E-state index in [0.717, 1.165) is 25.7 Å². The molecular weight excluding hydrogens is 244 g/mol. The van der Waals surface area contributed by atoms with Crippen LogP contribution in [0.4, 0.5) is 0 Å². The Morgan fingerprint density at radius 1 is 1.16 bits per heavy atom. The van der Waals surface area contributed by atoms with Gasteiger partial charge in [-0.15, -0.1) is 0 Å². The van der Waals surface area contributed by atoms with Crippen LogP contribution in [0.5, 0.6) is 0 Å². The smallest absolute Gasteiger partial charge is 0.323 e. The third-order valence-corrected chi connectivity index (χ3v) is 4.60. The lowest BCUT2D eigenvalue weighted by Gasteiger charge is -2.39. The van der Waals surface area contributed by atoms with Gasteiger partial charge >= 0.3 is 11.9 Å². The van der Waals surface area contributed by atoms with Crippen molar-refractivity contribution < 1.29 is 19.1 Å². The number of rotatable bonds is 2. The van der Waals surface area contributed by atoms with Gasteiger partial charge < -0.3 is 9.47 Å². The number of fused-ring (bicyclic) bond motifs is 1. The van der Waals surface area contributed by atoms with E-state index in [9.17, 15) is 9.59 Å². The van der Waals surface area contributed by atoms with Gasteiger partial charge in [0.1, 0.15) is 0 Å². The van der Waals surface area contributed by atoms with E-state index in [1.54, 1.807) is 0 Å². The Labute approximate surface area is 114 Å². The first-order chi connectivity index (χ1) is 9.14. The molecule has 0 spiro atoms. The Kier molecular flexibility index (Phi) is 4.27. The van der Waals surface area contributed by atoms with Gasteiger partial charge in [-0.2, -0.15) is 0 Å². The highest BCUT2D eigenvalue weighted by Crippen LogP contribution is 2.47. The maximum Gasteiger partial charge on any atom is 0.323 e. The third kappa shape index (κ3) is 2.53. The maximum atomic E-state index is 12.1. The summed E-state index contributed by atoms with van der Waals surface area (Å²) in [7, 11) is 2.68. The fraction of sp³-hybridized carbons (Fsp3) is 0.733. The van der Waals surface area contributed by atoms with Crippen LogP contribution in [0.2, 0.25) is 0 Å². The van der Waals surface area contributed by atoms with Crippen molar-refractivity contribution in [2.45, 2.75) is 38.5 Å². The number of ether oxygens (including phenoxy) is 2.